The molecule has 2 N–H and O–H groups in total. The Hall–Kier alpha value is -3.34. The van der Waals surface area contributed by atoms with Crippen molar-refractivity contribution in [2.75, 3.05) is 14.2 Å². The minimum Gasteiger partial charge on any atom is -0.497 e. The first-order chi connectivity index (χ1) is 14.5. The maximum atomic E-state index is 12.3. The summed E-state index contributed by atoms with van der Waals surface area (Å²) < 4.78 is 10.6. The van der Waals surface area contributed by atoms with E-state index in [2.05, 4.69) is 0 Å². The van der Waals surface area contributed by atoms with Crippen LogP contribution < -0.4 is 9.47 Å². The lowest BCUT2D eigenvalue weighted by Gasteiger charge is -2.40. The normalized spacial score (nSPS) is 22.3. The van der Waals surface area contributed by atoms with Gasteiger partial charge in [-0.05, 0) is 57.3 Å². The number of rotatable bonds is 4. The first-order valence-electron chi connectivity index (χ1n) is 9.80. The Balaban J connectivity index is 1.85. The number of hydrogen-bond acceptors (Lipinski definition) is 4. The van der Waals surface area contributed by atoms with Gasteiger partial charge in [0.25, 0.3) is 0 Å². The van der Waals surface area contributed by atoms with Crippen molar-refractivity contribution < 1.29 is 19.7 Å². The van der Waals surface area contributed by atoms with Crippen LogP contribution in [0.25, 0.3) is 10.8 Å². The van der Waals surface area contributed by atoms with Crippen molar-refractivity contribution in [3.63, 3.8) is 0 Å². The summed E-state index contributed by atoms with van der Waals surface area (Å²) in [6.45, 7) is 0. The van der Waals surface area contributed by atoms with Crippen molar-refractivity contribution in [3.8, 4) is 11.5 Å². The summed E-state index contributed by atoms with van der Waals surface area (Å²) in [5, 5.41) is 26.5. The predicted octanol–water partition coefficient (Wildman–Crippen LogP) is 4.34. The molecule has 0 heterocycles. The molecule has 150 valence electrons. The molecular weight excluding hydrogens is 376 g/mol. The van der Waals surface area contributed by atoms with Gasteiger partial charge in [0.2, 0.25) is 0 Å². The highest BCUT2D eigenvalue weighted by Crippen LogP contribution is 2.58. The van der Waals surface area contributed by atoms with Gasteiger partial charge in [-0.1, -0.05) is 60.7 Å². The summed E-state index contributed by atoms with van der Waals surface area (Å²) in [6.07, 6.45) is 0. The molecule has 4 heteroatoms. The lowest BCUT2D eigenvalue weighted by Crippen LogP contribution is -2.47. The van der Waals surface area contributed by atoms with Gasteiger partial charge in [0.05, 0.1) is 14.2 Å². The van der Waals surface area contributed by atoms with Gasteiger partial charge in [0, 0.05) is 0 Å². The number of aliphatic hydroxyl groups is 2. The van der Waals surface area contributed by atoms with Gasteiger partial charge in [-0.3, -0.25) is 0 Å². The Bertz CT molecular complexity index is 1140. The van der Waals surface area contributed by atoms with Crippen molar-refractivity contribution >= 4 is 10.8 Å². The van der Waals surface area contributed by atoms with E-state index in [-0.39, 0.29) is 0 Å². The fraction of sp³-hybridized carbons (Fsp3) is 0.154. The van der Waals surface area contributed by atoms with Crippen molar-refractivity contribution in [2.24, 2.45) is 0 Å². The van der Waals surface area contributed by atoms with E-state index in [1.807, 2.05) is 36.4 Å². The van der Waals surface area contributed by atoms with E-state index in [0.29, 0.717) is 33.8 Å². The molecule has 1 aliphatic rings. The lowest BCUT2D eigenvalue weighted by molar-refractivity contribution is -0.105. The predicted molar refractivity (Wildman–Crippen MR) is 116 cm³/mol. The van der Waals surface area contributed by atoms with Crippen LogP contribution in [0.5, 0.6) is 11.5 Å². The van der Waals surface area contributed by atoms with E-state index in [0.717, 1.165) is 10.8 Å². The molecule has 30 heavy (non-hydrogen) atoms. The fourth-order valence-electron chi connectivity index (χ4n) is 4.73. The van der Waals surface area contributed by atoms with Gasteiger partial charge in [0.15, 0.2) is 11.2 Å². The van der Waals surface area contributed by atoms with Crippen molar-refractivity contribution in [3.05, 3.63) is 107 Å². The van der Waals surface area contributed by atoms with Crippen LogP contribution in [-0.2, 0) is 11.2 Å². The zero-order chi connectivity index (χ0) is 20.9. The molecule has 4 nitrogen and oxygen atoms in total. The summed E-state index contributed by atoms with van der Waals surface area (Å²) in [6, 6.07) is 26.0. The molecule has 0 saturated heterocycles. The third kappa shape index (κ3) is 2.29. The Morgan fingerprint density at radius 3 is 1.33 bits per heavy atom. The molecule has 0 fully saturated rings. The number of benzene rings is 4. The molecule has 1 aliphatic carbocycles. The third-order valence-electron chi connectivity index (χ3n) is 6.22. The second-order valence-corrected chi connectivity index (χ2v) is 7.59. The standard InChI is InChI=1S/C26H22O4/c1-29-20-13-9-18(10-14-20)25(27)22-7-3-5-17-6-4-8-23(24(17)22)26(25,28)19-11-15-21(30-2)16-12-19/h3-16,27-28H,1-2H3/t25-,26-/m0/s1. The highest BCUT2D eigenvalue weighted by Gasteiger charge is 2.59. The molecule has 0 radical (unpaired) electrons. The molecular formula is C26H22O4. The highest BCUT2D eigenvalue weighted by atomic mass is 16.5. The Morgan fingerprint density at radius 1 is 0.567 bits per heavy atom. The van der Waals surface area contributed by atoms with Gasteiger partial charge >= 0.3 is 0 Å². The van der Waals surface area contributed by atoms with Crippen LogP contribution in [0.3, 0.4) is 0 Å². The van der Waals surface area contributed by atoms with E-state index in [9.17, 15) is 10.2 Å². The van der Waals surface area contributed by atoms with E-state index >= 15 is 0 Å². The first kappa shape index (κ1) is 18.7. The summed E-state index contributed by atoms with van der Waals surface area (Å²) in [4.78, 5) is 0. The third-order valence-corrected chi connectivity index (χ3v) is 6.22. The molecule has 0 saturated carbocycles. The van der Waals surface area contributed by atoms with Crippen LogP contribution in [0, 0.1) is 0 Å². The molecule has 0 aliphatic heterocycles. The maximum Gasteiger partial charge on any atom is 0.152 e. The average Bonchev–Trinajstić information content (AvgIpc) is 3.02. The van der Waals surface area contributed by atoms with Gasteiger partial charge < -0.3 is 19.7 Å². The van der Waals surface area contributed by atoms with Gasteiger partial charge in [-0.15, -0.1) is 0 Å². The summed E-state index contributed by atoms with van der Waals surface area (Å²) >= 11 is 0. The van der Waals surface area contributed by atoms with Crippen LogP contribution in [0.1, 0.15) is 22.3 Å². The lowest BCUT2D eigenvalue weighted by atomic mass is 9.72. The van der Waals surface area contributed by atoms with Crippen LogP contribution in [-0.4, -0.2) is 24.4 Å². The largest absolute Gasteiger partial charge is 0.497 e. The second-order valence-electron chi connectivity index (χ2n) is 7.59. The van der Waals surface area contributed by atoms with E-state index < -0.39 is 11.2 Å². The highest BCUT2D eigenvalue weighted by molar-refractivity contribution is 5.95. The summed E-state index contributed by atoms with van der Waals surface area (Å²) in [7, 11) is 3.20. The summed E-state index contributed by atoms with van der Waals surface area (Å²) in [5.41, 5.74) is -0.831. The Morgan fingerprint density at radius 2 is 0.967 bits per heavy atom. The Kier molecular flexibility index (Phi) is 4.10. The van der Waals surface area contributed by atoms with E-state index in [4.69, 9.17) is 9.47 Å². The first-order valence-corrected chi connectivity index (χ1v) is 9.80. The average molecular weight is 398 g/mol. The van der Waals surface area contributed by atoms with Crippen LogP contribution in [0.4, 0.5) is 0 Å². The molecule has 2 atom stereocenters. The number of hydrogen-bond donors (Lipinski definition) is 2. The molecule has 0 spiro atoms. The number of ether oxygens (including phenoxy) is 2. The molecule has 5 rings (SSSR count). The molecule has 4 aromatic carbocycles. The molecule has 0 unspecified atom stereocenters. The molecule has 0 amide bonds. The molecule has 4 aromatic rings. The van der Waals surface area contributed by atoms with E-state index in [1.54, 1.807) is 62.8 Å². The van der Waals surface area contributed by atoms with Gasteiger partial charge in [-0.25, -0.2) is 0 Å². The van der Waals surface area contributed by atoms with Crippen LogP contribution in [0.2, 0.25) is 0 Å². The second kappa shape index (κ2) is 6.59. The maximum absolute atomic E-state index is 12.3. The molecule has 0 aromatic heterocycles. The minimum atomic E-state index is -1.68. The smallest absolute Gasteiger partial charge is 0.152 e. The zero-order valence-electron chi connectivity index (χ0n) is 16.8. The quantitative estimate of drug-likeness (QED) is 0.537. The number of methoxy groups -OCH3 is 2. The van der Waals surface area contributed by atoms with Gasteiger partial charge in [0.1, 0.15) is 11.5 Å². The topological polar surface area (TPSA) is 58.9 Å². The minimum absolute atomic E-state index is 0.588. The van der Waals surface area contributed by atoms with Crippen molar-refractivity contribution in [1.29, 1.82) is 0 Å². The van der Waals surface area contributed by atoms with Crippen LogP contribution >= 0.6 is 0 Å². The Labute approximate surface area is 174 Å². The van der Waals surface area contributed by atoms with Gasteiger partial charge in [-0.2, -0.15) is 0 Å². The van der Waals surface area contributed by atoms with Crippen LogP contribution in [0.15, 0.2) is 84.9 Å². The summed E-state index contributed by atoms with van der Waals surface area (Å²) in [5.74, 6) is 1.37. The van der Waals surface area contributed by atoms with E-state index in [1.165, 1.54) is 0 Å². The van der Waals surface area contributed by atoms with Crippen molar-refractivity contribution in [2.45, 2.75) is 11.2 Å². The monoisotopic (exact) mass is 398 g/mol. The molecule has 0 bridgehead atoms. The SMILES string of the molecule is COc1ccc([C@]2(O)c3cccc4cccc(c34)[C@@]2(O)c2ccc(OC)cc2)cc1. The van der Waals surface area contributed by atoms with Crippen molar-refractivity contribution in [1.82, 2.24) is 0 Å². The zero-order valence-corrected chi connectivity index (χ0v) is 16.8. The fourth-order valence-corrected chi connectivity index (χ4v) is 4.73.